The van der Waals surface area contributed by atoms with Crippen LogP contribution in [0.2, 0.25) is 0 Å². The summed E-state index contributed by atoms with van der Waals surface area (Å²) in [5.41, 5.74) is 6.59. The van der Waals surface area contributed by atoms with Crippen LogP contribution in [-0.4, -0.2) is 38.8 Å². The van der Waals surface area contributed by atoms with Crippen LogP contribution in [0, 0.1) is 11.3 Å². The number of ether oxygens (including phenoxy) is 2. The monoisotopic (exact) mass is 334 g/mol. The third-order valence-corrected chi connectivity index (χ3v) is 4.53. The average molecular weight is 334 g/mol. The third kappa shape index (κ3) is 5.21. The number of carbonyl (C=O) groups is 1. The highest BCUT2D eigenvalue weighted by atomic mass is 16.5. The fourth-order valence-electron chi connectivity index (χ4n) is 2.81. The second-order valence-electron chi connectivity index (χ2n) is 6.95. The van der Waals surface area contributed by atoms with E-state index in [1.807, 2.05) is 12.1 Å². The van der Waals surface area contributed by atoms with E-state index < -0.39 is 5.41 Å². The molecule has 1 heterocycles. The largest absolute Gasteiger partial charge is 0.493 e. The molecule has 1 aromatic carbocycles. The molecule has 0 unspecified atom stereocenters. The minimum Gasteiger partial charge on any atom is -0.493 e. The lowest BCUT2D eigenvalue weighted by atomic mass is 9.79. The third-order valence-electron chi connectivity index (χ3n) is 4.53. The topological polar surface area (TPSA) is 73.6 Å². The van der Waals surface area contributed by atoms with Gasteiger partial charge in [0.25, 0.3) is 0 Å². The minimum atomic E-state index is -0.452. The summed E-state index contributed by atoms with van der Waals surface area (Å²) in [5.74, 6) is 1.46. The summed E-state index contributed by atoms with van der Waals surface area (Å²) in [5, 5.41) is 3.04. The molecule has 1 fully saturated rings. The zero-order valence-corrected chi connectivity index (χ0v) is 14.8. The van der Waals surface area contributed by atoms with Gasteiger partial charge in [0.2, 0.25) is 5.91 Å². The summed E-state index contributed by atoms with van der Waals surface area (Å²) in [4.78, 5) is 12.5. The summed E-state index contributed by atoms with van der Waals surface area (Å²) in [6.07, 6.45) is 2.21. The number of amides is 1. The van der Waals surface area contributed by atoms with E-state index in [4.69, 9.17) is 15.2 Å². The van der Waals surface area contributed by atoms with E-state index >= 15 is 0 Å². The van der Waals surface area contributed by atoms with Crippen molar-refractivity contribution in [3.8, 4) is 5.75 Å². The predicted molar refractivity (Wildman–Crippen MR) is 95.0 cm³/mol. The molecule has 0 radical (unpaired) electrons. The standard InChI is InChI=1S/C19H30N2O3/c1-15(2)13-24-17-5-3-16(4-6-17)7-10-21-18(22)19(14-20)8-11-23-12-9-19/h3-6,15H,7-14,20H2,1-2H3,(H,21,22). The number of nitrogens with one attached hydrogen (secondary N) is 1. The molecule has 24 heavy (non-hydrogen) atoms. The molecule has 1 saturated heterocycles. The minimum absolute atomic E-state index is 0.0604. The smallest absolute Gasteiger partial charge is 0.227 e. The molecule has 0 saturated carbocycles. The molecule has 134 valence electrons. The second kappa shape index (κ2) is 9.04. The Morgan fingerprint density at radius 1 is 1.29 bits per heavy atom. The number of rotatable bonds is 8. The Labute approximate surface area is 144 Å². The van der Waals surface area contributed by atoms with Crippen molar-refractivity contribution in [2.45, 2.75) is 33.1 Å². The zero-order valence-electron chi connectivity index (χ0n) is 14.8. The molecule has 1 amide bonds. The Morgan fingerprint density at radius 2 is 1.96 bits per heavy atom. The first-order valence-electron chi connectivity index (χ1n) is 8.83. The molecule has 0 bridgehead atoms. The van der Waals surface area contributed by atoms with Gasteiger partial charge in [-0.25, -0.2) is 0 Å². The first-order chi connectivity index (χ1) is 11.6. The van der Waals surface area contributed by atoms with Crippen molar-refractivity contribution in [2.75, 3.05) is 32.9 Å². The van der Waals surface area contributed by atoms with E-state index in [2.05, 4.69) is 31.3 Å². The zero-order chi connectivity index (χ0) is 17.4. The molecule has 0 aromatic heterocycles. The number of hydrogen-bond acceptors (Lipinski definition) is 4. The van der Waals surface area contributed by atoms with Gasteiger partial charge in [-0.3, -0.25) is 4.79 Å². The van der Waals surface area contributed by atoms with Gasteiger partial charge in [-0.2, -0.15) is 0 Å². The Morgan fingerprint density at radius 3 is 2.54 bits per heavy atom. The Balaban J connectivity index is 1.77. The van der Waals surface area contributed by atoms with Gasteiger partial charge in [0.1, 0.15) is 5.75 Å². The Bertz CT molecular complexity index is 508. The maximum absolute atomic E-state index is 12.5. The van der Waals surface area contributed by atoms with Crippen LogP contribution >= 0.6 is 0 Å². The predicted octanol–water partition coefficient (Wildman–Crippen LogP) is 2.14. The summed E-state index contributed by atoms with van der Waals surface area (Å²) in [6.45, 7) is 7.20. The van der Waals surface area contributed by atoms with Crippen LogP contribution in [-0.2, 0) is 16.0 Å². The van der Waals surface area contributed by atoms with Gasteiger partial charge in [-0.1, -0.05) is 26.0 Å². The van der Waals surface area contributed by atoms with Gasteiger partial charge < -0.3 is 20.5 Å². The summed E-state index contributed by atoms with van der Waals surface area (Å²) >= 11 is 0. The van der Waals surface area contributed by atoms with E-state index in [9.17, 15) is 4.79 Å². The van der Waals surface area contributed by atoms with E-state index in [-0.39, 0.29) is 5.91 Å². The van der Waals surface area contributed by atoms with Crippen molar-refractivity contribution in [1.29, 1.82) is 0 Å². The van der Waals surface area contributed by atoms with Crippen LogP contribution in [0.1, 0.15) is 32.3 Å². The highest BCUT2D eigenvalue weighted by molar-refractivity contribution is 5.83. The molecular weight excluding hydrogens is 304 g/mol. The van der Waals surface area contributed by atoms with Gasteiger partial charge in [-0.15, -0.1) is 0 Å². The maximum Gasteiger partial charge on any atom is 0.227 e. The number of carbonyl (C=O) groups excluding carboxylic acids is 1. The molecule has 5 heteroatoms. The fourth-order valence-corrected chi connectivity index (χ4v) is 2.81. The van der Waals surface area contributed by atoms with E-state index in [1.54, 1.807) is 0 Å². The van der Waals surface area contributed by atoms with Crippen LogP contribution in [0.15, 0.2) is 24.3 Å². The van der Waals surface area contributed by atoms with Crippen LogP contribution in [0.3, 0.4) is 0 Å². The summed E-state index contributed by atoms with van der Waals surface area (Å²) in [7, 11) is 0. The van der Waals surface area contributed by atoms with Gasteiger partial charge in [0.15, 0.2) is 0 Å². The number of hydrogen-bond donors (Lipinski definition) is 2. The summed E-state index contributed by atoms with van der Waals surface area (Å²) in [6, 6.07) is 8.07. The van der Waals surface area contributed by atoms with Crippen LogP contribution in [0.25, 0.3) is 0 Å². The van der Waals surface area contributed by atoms with Crippen molar-refractivity contribution in [2.24, 2.45) is 17.1 Å². The first kappa shape index (κ1) is 18.7. The molecule has 5 nitrogen and oxygen atoms in total. The lowest BCUT2D eigenvalue weighted by Gasteiger charge is -2.34. The molecule has 0 aliphatic carbocycles. The second-order valence-corrected chi connectivity index (χ2v) is 6.95. The fraction of sp³-hybridized carbons (Fsp3) is 0.632. The lowest BCUT2D eigenvalue weighted by molar-refractivity contribution is -0.135. The Hall–Kier alpha value is -1.59. The number of benzene rings is 1. The van der Waals surface area contributed by atoms with E-state index in [1.165, 1.54) is 5.56 Å². The molecule has 1 aliphatic rings. The first-order valence-corrected chi connectivity index (χ1v) is 8.83. The van der Waals surface area contributed by atoms with Crippen LogP contribution in [0.4, 0.5) is 0 Å². The molecule has 2 rings (SSSR count). The molecule has 3 N–H and O–H groups in total. The number of nitrogens with two attached hydrogens (primary N) is 1. The van der Waals surface area contributed by atoms with E-state index in [0.29, 0.717) is 45.1 Å². The van der Waals surface area contributed by atoms with Crippen molar-refractivity contribution in [3.05, 3.63) is 29.8 Å². The van der Waals surface area contributed by atoms with Gasteiger partial charge >= 0.3 is 0 Å². The van der Waals surface area contributed by atoms with E-state index in [0.717, 1.165) is 18.8 Å². The van der Waals surface area contributed by atoms with Crippen LogP contribution in [0.5, 0.6) is 5.75 Å². The average Bonchev–Trinajstić information content (AvgIpc) is 2.61. The molecule has 1 aromatic rings. The molecule has 1 aliphatic heterocycles. The lowest BCUT2D eigenvalue weighted by Crippen LogP contribution is -2.49. The normalized spacial score (nSPS) is 16.8. The highest BCUT2D eigenvalue weighted by Crippen LogP contribution is 2.29. The van der Waals surface area contributed by atoms with Crippen molar-refractivity contribution in [1.82, 2.24) is 5.32 Å². The maximum atomic E-state index is 12.5. The van der Waals surface area contributed by atoms with Crippen molar-refractivity contribution < 1.29 is 14.3 Å². The van der Waals surface area contributed by atoms with Crippen molar-refractivity contribution >= 4 is 5.91 Å². The Kier molecular flexibility index (Phi) is 7.06. The molecule has 0 spiro atoms. The van der Waals surface area contributed by atoms with Crippen molar-refractivity contribution in [3.63, 3.8) is 0 Å². The summed E-state index contributed by atoms with van der Waals surface area (Å²) < 4.78 is 11.0. The highest BCUT2D eigenvalue weighted by Gasteiger charge is 2.38. The quantitative estimate of drug-likeness (QED) is 0.764. The van der Waals surface area contributed by atoms with Gasteiger partial charge in [-0.05, 0) is 42.9 Å². The van der Waals surface area contributed by atoms with Crippen LogP contribution < -0.4 is 15.8 Å². The van der Waals surface area contributed by atoms with Gasteiger partial charge in [0.05, 0.1) is 12.0 Å². The molecule has 0 atom stereocenters. The SMILES string of the molecule is CC(C)COc1ccc(CCNC(=O)C2(CN)CCOCC2)cc1. The van der Waals surface area contributed by atoms with Gasteiger partial charge in [0, 0.05) is 26.3 Å². The molecular formula is C19H30N2O3.